The van der Waals surface area contributed by atoms with Crippen LogP contribution in [-0.2, 0) is 4.79 Å². The number of ether oxygens (including phenoxy) is 2. The Labute approximate surface area is 155 Å². The Morgan fingerprint density at radius 1 is 0.920 bits per heavy atom. The van der Waals surface area contributed by atoms with Crippen molar-refractivity contribution in [1.29, 1.82) is 0 Å². The second-order valence-corrected chi connectivity index (χ2v) is 5.98. The van der Waals surface area contributed by atoms with Crippen molar-refractivity contribution in [2.45, 2.75) is 12.8 Å². The minimum absolute atomic E-state index is 0.0490. The van der Waals surface area contributed by atoms with E-state index in [9.17, 15) is 9.59 Å². The maximum absolute atomic E-state index is 12.3. The molecule has 2 aromatic carbocycles. The van der Waals surface area contributed by atoms with Crippen LogP contribution in [0.3, 0.4) is 0 Å². The lowest BCUT2D eigenvalue weighted by Crippen LogP contribution is -2.13. The highest BCUT2D eigenvalue weighted by Crippen LogP contribution is 2.28. The molecule has 0 aliphatic rings. The molecule has 0 atom stereocenters. The van der Waals surface area contributed by atoms with E-state index in [2.05, 4.69) is 5.32 Å². The zero-order valence-electron chi connectivity index (χ0n) is 13.8. The van der Waals surface area contributed by atoms with E-state index in [0.29, 0.717) is 32.8 Å². The summed E-state index contributed by atoms with van der Waals surface area (Å²) in [6.45, 7) is 0. The molecular formula is C18H17Cl2NO4. The third-order valence-corrected chi connectivity index (χ3v) is 4.23. The average Bonchev–Trinajstić information content (AvgIpc) is 2.62. The highest BCUT2D eigenvalue weighted by molar-refractivity contribution is 6.42. The van der Waals surface area contributed by atoms with Crippen LogP contribution in [0.1, 0.15) is 23.2 Å². The van der Waals surface area contributed by atoms with Gasteiger partial charge in [0.05, 0.1) is 24.3 Å². The monoisotopic (exact) mass is 381 g/mol. The van der Waals surface area contributed by atoms with Crippen molar-refractivity contribution in [3.8, 4) is 11.5 Å². The molecule has 0 heterocycles. The number of carbonyl (C=O) groups excluding carboxylic acids is 2. The van der Waals surface area contributed by atoms with E-state index in [0.717, 1.165) is 0 Å². The van der Waals surface area contributed by atoms with E-state index in [1.165, 1.54) is 14.2 Å². The molecule has 7 heteroatoms. The van der Waals surface area contributed by atoms with Crippen molar-refractivity contribution >= 4 is 40.6 Å². The number of ketones is 1. The van der Waals surface area contributed by atoms with Crippen molar-refractivity contribution in [2.24, 2.45) is 0 Å². The van der Waals surface area contributed by atoms with Crippen molar-refractivity contribution in [3.05, 3.63) is 52.0 Å². The van der Waals surface area contributed by atoms with Gasteiger partial charge in [-0.1, -0.05) is 23.2 Å². The van der Waals surface area contributed by atoms with E-state index < -0.39 is 0 Å². The fraction of sp³-hybridized carbons (Fsp3) is 0.222. The Balaban J connectivity index is 1.94. The van der Waals surface area contributed by atoms with Crippen LogP contribution in [0.2, 0.25) is 10.0 Å². The largest absolute Gasteiger partial charge is 0.493 e. The molecule has 0 unspecified atom stereocenters. The molecule has 0 fully saturated rings. The number of halogens is 2. The van der Waals surface area contributed by atoms with Crippen molar-refractivity contribution in [1.82, 2.24) is 0 Å². The Hall–Kier alpha value is -2.24. The van der Waals surface area contributed by atoms with Gasteiger partial charge in [0.1, 0.15) is 0 Å². The fourth-order valence-corrected chi connectivity index (χ4v) is 2.48. The molecule has 0 saturated carbocycles. The lowest BCUT2D eigenvalue weighted by Gasteiger charge is -2.09. The third-order valence-electron chi connectivity index (χ3n) is 3.49. The summed E-state index contributed by atoms with van der Waals surface area (Å²) in [7, 11) is 3.02. The van der Waals surface area contributed by atoms with E-state index in [-0.39, 0.29) is 24.5 Å². The summed E-state index contributed by atoms with van der Waals surface area (Å²) in [6.07, 6.45) is 0.121. The molecule has 2 aromatic rings. The number of benzene rings is 2. The summed E-state index contributed by atoms with van der Waals surface area (Å²) in [6, 6.07) is 9.68. The Bertz CT molecular complexity index is 793. The molecule has 0 saturated heterocycles. The van der Waals surface area contributed by atoms with Gasteiger partial charge in [-0.3, -0.25) is 9.59 Å². The number of anilines is 1. The predicted octanol–water partition coefficient (Wildman–Crippen LogP) is 4.61. The maximum atomic E-state index is 12.3. The number of hydrogen-bond acceptors (Lipinski definition) is 4. The van der Waals surface area contributed by atoms with Crippen LogP contribution >= 0.6 is 23.2 Å². The van der Waals surface area contributed by atoms with Crippen LogP contribution in [0.25, 0.3) is 0 Å². The summed E-state index contributed by atoms with van der Waals surface area (Å²) in [5, 5.41) is 3.43. The number of nitrogens with one attached hydrogen (secondary N) is 1. The maximum Gasteiger partial charge on any atom is 0.224 e. The average molecular weight is 382 g/mol. The minimum atomic E-state index is -0.285. The molecule has 0 bridgehead atoms. The molecule has 1 N–H and O–H groups in total. The van der Waals surface area contributed by atoms with Crippen LogP contribution < -0.4 is 14.8 Å². The summed E-state index contributed by atoms with van der Waals surface area (Å²) in [5.74, 6) is 0.558. The molecule has 0 radical (unpaired) electrons. The zero-order chi connectivity index (χ0) is 18.4. The molecule has 0 aromatic heterocycles. The van der Waals surface area contributed by atoms with Gasteiger partial charge in [-0.2, -0.15) is 0 Å². The fourth-order valence-electron chi connectivity index (χ4n) is 2.18. The normalized spacial score (nSPS) is 10.2. The molecule has 0 aliphatic heterocycles. The predicted molar refractivity (Wildman–Crippen MR) is 98.2 cm³/mol. The molecule has 2 rings (SSSR count). The molecule has 5 nitrogen and oxygen atoms in total. The van der Waals surface area contributed by atoms with Gasteiger partial charge in [0, 0.05) is 24.1 Å². The lowest BCUT2D eigenvalue weighted by atomic mass is 10.1. The van der Waals surface area contributed by atoms with Gasteiger partial charge in [0.15, 0.2) is 17.3 Å². The van der Waals surface area contributed by atoms with E-state index in [1.54, 1.807) is 36.4 Å². The Morgan fingerprint density at radius 3 is 2.28 bits per heavy atom. The van der Waals surface area contributed by atoms with Gasteiger partial charge in [-0.05, 0) is 36.4 Å². The molecule has 25 heavy (non-hydrogen) atoms. The summed E-state index contributed by atoms with van der Waals surface area (Å²) < 4.78 is 10.3. The molecule has 0 aliphatic carbocycles. The first-order chi connectivity index (χ1) is 11.9. The first kappa shape index (κ1) is 19.1. The minimum Gasteiger partial charge on any atom is -0.493 e. The van der Waals surface area contributed by atoms with Gasteiger partial charge in [0.2, 0.25) is 5.91 Å². The van der Waals surface area contributed by atoms with Gasteiger partial charge in [0.25, 0.3) is 0 Å². The summed E-state index contributed by atoms with van der Waals surface area (Å²) >= 11 is 11.7. The van der Waals surface area contributed by atoms with Gasteiger partial charge in [-0.15, -0.1) is 0 Å². The van der Waals surface area contributed by atoms with Gasteiger partial charge >= 0.3 is 0 Å². The lowest BCUT2D eigenvalue weighted by molar-refractivity contribution is -0.116. The number of hydrogen-bond donors (Lipinski definition) is 1. The molecule has 132 valence electrons. The van der Waals surface area contributed by atoms with Crippen LogP contribution in [0.5, 0.6) is 11.5 Å². The molecular weight excluding hydrogens is 365 g/mol. The first-order valence-corrected chi connectivity index (χ1v) is 8.20. The Morgan fingerprint density at radius 2 is 1.64 bits per heavy atom. The van der Waals surface area contributed by atoms with Gasteiger partial charge < -0.3 is 14.8 Å². The quantitative estimate of drug-likeness (QED) is 0.711. The Kier molecular flexibility index (Phi) is 6.67. The SMILES string of the molecule is COc1ccc(C(=O)CCC(=O)Nc2ccc(Cl)c(Cl)c2)cc1OC. The van der Waals surface area contributed by atoms with E-state index in [4.69, 9.17) is 32.7 Å². The van der Waals surface area contributed by atoms with E-state index in [1.807, 2.05) is 0 Å². The van der Waals surface area contributed by atoms with Crippen molar-refractivity contribution in [3.63, 3.8) is 0 Å². The second-order valence-electron chi connectivity index (χ2n) is 5.17. The van der Waals surface area contributed by atoms with Crippen molar-refractivity contribution in [2.75, 3.05) is 19.5 Å². The standard InChI is InChI=1S/C18H17Cl2NO4/c1-24-16-7-3-11(9-17(16)25-2)15(22)6-8-18(23)21-12-4-5-13(19)14(20)10-12/h3-5,7,9-10H,6,8H2,1-2H3,(H,21,23). The van der Waals surface area contributed by atoms with E-state index >= 15 is 0 Å². The van der Waals surface area contributed by atoms with Crippen molar-refractivity contribution < 1.29 is 19.1 Å². The van der Waals surface area contributed by atoms with Gasteiger partial charge in [-0.25, -0.2) is 0 Å². The first-order valence-electron chi connectivity index (χ1n) is 7.44. The molecule has 1 amide bonds. The highest BCUT2D eigenvalue weighted by atomic mass is 35.5. The molecule has 0 spiro atoms. The third kappa shape index (κ3) is 5.11. The second kappa shape index (κ2) is 8.74. The number of rotatable bonds is 7. The van der Waals surface area contributed by atoms with Crippen LogP contribution in [0, 0.1) is 0 Å². The van der Waals surface area contributed by atoms with Crippen LogP contribution in [0.4, 0.5) is 5.69 Å². The number of methoxy groups -OCH3 is 2. The number of amides is 1. The highest BCUT2D eigenvalue weighted by Gasteiger charge is 2.13. The topological polar surface area (TPSA) is 64.6 Å². The van der Waals surface area contributed by atoms with Crippen LogP contribution in [0.15, 0.2) is 36.4 Å². The summed E-state index contributed by atoms with van der Waals surface area (Å²) in [5.41, 5.74) is 0.984. The summed E-state index contributed by atoms with van der Waals surface area (Å²) in [4.78, 5) is 24.2. The smallest absolute Gasteiger partial charge is 0.224 e. The number of Topliss-reactive ketones (excluding diaryl/α,β-unsaturated/α-hetero) is 1. The number of carbonyl (C=O) groups is 2. The zero-order valence-corrected chi connectivity index (χ0v) is 15.3. The van der Waals surface area contributed by atoms with Crippen LogP contribution in [-0.4, -0.2) is 25.9 Å².